The topological polar surface area (TPSA) is 65.0 Å². The van der Waals surface area contributed by atoms with Gasteiger partial charge in [0.1, 0.15) is 6.10 Å². The van der Waals surface area contributed by atoms with Crippen molar-refractivity contribution in [1.29, 1.82) is 0 Å². The molecule has 0 heterocycles. The van der Waals surface area contributed by atoms with E-state index < -0.39 is 42.9 Å². The van der Waals surface area contributed by atoms with Crippen LogP contribution in [0.15, 0.2) is 12.2 Å². The van der Waals surface area contributed by atoms with Crippen molar-refractivity contribution >= 4 is 31.2 Å². The van der Waals surface area contributed by atoms with Crippen molar-refractivity contribution in [3.05, 3.63) is 12.2 Å². The second-order valence-electron chi connectivity index (χ2n) is 11.3. The average molecular weight is 461 g/mol. The Morgan fingerprint density at radius 3 is 2.03 bits per heavy atom. The van der Waals surface area contributed by atoms with Gasteiger partial charge in [-0.05, 0) is 96.8 Å². The third-order valence-corrected chi connectivity index (χ3v) is 15.1. The molecule has 0 radical (unpaired) electrons. The molecule has 8 heteroatoms. The largest absolute Gasteiger partial charge is 0.456 e. The number of carbonyl (C=O) groups excluding carboxylic acids is 1. The van der Waals surface area contributed by atoms with Crippen LogP contribution in [0, 0.1) is 11.8 Å². The molecule has 1 aliphatic rings. The molecule has 1 saturated carbocycles. The van der Waals surface area contributed by atoms with Gasteiger partial charge >= 0.3 is 14.5 Å². The molecular weight excluding hydrogens is 416 g/mol. The average Bonchev–Trinajstić information content (AvgIpc) is 2.44. The fraction of sp³-hybridized carbons (Fsp3) is 0.857. The van der Waals surface area contributed by atoms with E-state index in [0.29, 0.717) is 30.3 Å². The van der Waals surface area contributed by atoms with Gasteiger partial charge in [0.25, 0.3) is 0 Å². The lowest BCUT2D eigenvalue weighted by Gasteiger charge is -2.44. The number of carbonyl (C=O) groups is 1. The minimum absolute atomic E-state index is 0.362. The van der Waals surface area contributed by atoms with Gasteiger partial charge in [-0.25, -0.2) is 4.79 Å². The molecule has 4 unspecified atom stereocenters. The maximum atomic E-state index is 12.1. The van der Waals surface area contributed by atoms with E-state index in [1.807, 2.05) is 0 Å². The van der Waals surface area contributed by atoms with E-state index in [0.717, 1.165) is 12.5 Å². The molecule has 1 N–H and O–H groups in total. The summed E-state index contributed by atoms with van der Waals surface area (Å²) in [7, 11) is -5.82. The smallest absolute Gasteiger partial charge is 0.333 e. The highest BCUT2D eigenvalue weighted by molar-refractivity contribution is 6.87. The quantitative estimate of drug-likeness (QED) is 0.282. The van der Waals surface area contributed by atoms with Gasteiger partial charge in [0.2, 0.25) is 0 Å². The van der Waals surface area contributed by atoms with E-state index in [-0.39, 0.29) is 0 Å². The summed E-state index contributed by atoms with van der Waals surface area (Å²) < 4.78 is 19.0. The summed E-state index contributed by atoms with van der Waals surface area (Å²) in [6.07, 6.45) is 1.70. The maximum absolute atomic E-state index is 12.1. The van der Waals surface area contributed by atoms with Crippen LogP contribution < -0.4 is 0 Å². The SMILES string of the molecule is C=C(C)C(=O)OC1CC(C(C)C[Si](C)(O[Si](C)(C)C)O[Si](C)(C)C)CCC1(C)O. The Balaban J connectivity index is 2.95. The maximum Gasteiger partial charge on any atom is 0.333 e. The van der Waals surface area contributed by atoms with Crippen LogP contribution >= 0.6 is 0 Å². The molecule has 0 spiro atoms. The van der Waals surface area contributed by atoms with Gasteiger partial charge in [-0.3, -0.25) is 0 Å². The molecule has 29 heavy (non-hydrogen) atoms. The Kier molecular flexibility index (Phi) is 8.75. The van der Waals surface area contributed by atoms with E-state index in [1.54, 1.807) is 13.8 Å². The van der Waals surface area contributed by atoms with E-state index >= 15 is 0 Å². The summed E-state index contributed by atoms with van der Waals surface area (Å²) in [5, 5.41) is 10.8. The molecule has 0 aliphatic heterocycles. The fourth-order valence-corrected chi connectivity index (χ4v) is 17.4. The number of esters is 1. The number of ether oxygens (including phenoxy) is 1. The van der Waals surface area contributed by atoms with Crippen molar-refractivity contribution in [2.75, 3.05) is 0 Å². The van der Waals surface area contributed by atoms with Crippen molar-refractivity contribution in [3.63, 3.8) is 0 Å². The molecule has 0 bridgehead atoms. The van der Waals surface area contributed by atoms with Crippen molar-refractivity contribution in [2.45, 2.75) is 104 Å². The first kappa shape index (κ1) is 26.8. The summed E-state index contributed by atoms with van der Waals surface area (Å²) in [6.45, 7) is 24.9. The molecule has 1 aliphatic carbocycles. The lowest BCUT2D eigenvalue weighted by atomic mass is 9.73. The first-order valence-corrected chi connectivity index (χ1v) is 20.2. The van der Waals surface area contributed by atoms with Gasteiger partial charge < -0.3 is 18.1 Å². The minimum atomic E-state index is -2.34. The van der Waals surface area contributed by atoms with Crippen LogP contribution in [0.3, 0.4) is 0 Å². The van der Waals surface area contributed by atoms with Crippen LogP contribution in [-0.4, -0.2) is 48.0 Å². The standard InChI is InChI=1S/C21H44O5Si3/c1-16(2)20(22)24-19-14-18(12-13-21(19,4)23)17(3)15-29(11,25-27(5,6)7)26-28(8,9)10/h17-19,23H,1,12-15H2,2-11H3. The van der Waals surface area contributed by atoms with Crippen molar-refractivity contribution in [1.82, 2.24) is 0 Å². The Morgan fingerprint density at radius 2 is 1.62 bits per heavy atom. The zero-order valence-corrected chi connectivity index (χ0v) is 23.3. The van der Waals surface area contributed by atoms with E-state index in [1.165, 1.54) is 0 Å². The van der Waals surface area contributed by atoms with Crippen LogP contribution in [0.5, 0.6) is 0 Å². The highest BCUT2D eigenvalue weighted by Gasteiger charge is 2.46. The van der Waals surface area contributed by atoms with Crippen LogP contribution in [-0.2, 0) is 17.8 Å². The molecule has 1 rings (SSSR count). The monoisotopic (exact) mass is 460 g/mol. The fourth-order valence-electron chi connectivity index (χ4n) is 4.36. The lowest BCUT2D eigenvalue weighted by molar-refractivity contribution is -0.168. The Bertz CT molecular complexity index is 576. The third kappa shape index (κ3) is 9.18. The van der Waals surface area contributed by atoms with Crippen LogP contribution in [0.2, 0.25) is 51.9 Å². The predicted octanol–water partition coefficient (Wildman–Crippen LogP) is 5.44. The molecule has 170 valence electrons. The first-order chi connectivity index (χ1) is 12.8. The summed E-state index contributed by atoms with van der Waals surface area (Å²) in [4.78, 5) is 12.1. The highest BCUT2D eigenvalue weighted by Crippen LogP contribution is 2.41. The Labute approximate surface area is 181 Å². The highest BCUT2D eigenvalue weighted by atomic mass is 28.5. The Morgan fingerprint density at radius 1 is 1.14 bits per heavy atom. The van der Waals surface area contributed by atoms with Crippen LogP contribution in [0.4, 0.5) is 0 Å². The number of aliphatic hydroxyl groups is 1. The van der Waals surface area contributed by atoms with Crippen molar-refractivity contribution in [3.8, 4) is 0 Å². The number of hydrogen-bond donors (Lipinski definition) is 1. The van der Waals surface area contributed by atoms with Crippen molar-refractivity contribution < 1.29 is 22.9 Å². The van der Waals surface area contributed by atoms with Crippen LogP contribution in [0.25, 0.3) is 0 Å². The third-order valence-electron chi connectivity index (χ3n) is 5.37. The van der Waals surface area contributed by atoms with Crippen LogP contribution in [0.1, 0.15) is 40.0 Å². The molecule has 5 nitrogen and oxygen atoms in total. The summed E-state index contributed by atoms with van der Waals surface area (Å²) in [5.41, 5.74) is -0.630. The summed E-state index contributed by atoms with van der Waals surface area (Å²) >= 11 is 0. The van der Waals surface area contributed by atoms with Gasteiger partial charge in [0.05, 0.1) is 5.60 Å². The molecule has 0 aromatic rings. The van der Waals surface area contributed by atoms with Gasteiger partial charge in [-0.1, -0.05) is 13.5 Å². The summed E-state index contributed by atoms with van der Waals surface area (Å²) in [5.74, 6) is 0.314. The molecular formula is C21H44O5Si3. The first-order valence-electron chi connectivity index (χ1n) is 10.8. The second-order valence-corrected chi connectivity index (χ2v) is 24.1. The Hall–Kier alpha value is -0.259. The summed E-state index contributed by atoms with van der Waals surface area (Å²) in [6, 6.07) is 0.926. The lowest BCUT2D eigenvalue weighted by Crippen LogP contribution is -2.54. The zero-order chi connectivity index (χ0) is 22.8. The minimum Gasteiger partial charge on any atom is -0.456 e. The van der Waals surface area contributed by atoms with E-state index in [4.69, 9.17) is 13.0 Å². The molecule has 1 fully saturated rings. The van der Waals surface area contributed by atoms with Gasteiger partial charge in [-0.15, -0.1) is 0 Å². The number of hydrogen-bond acceptors (Lipinski definition) is 5. The molecule has 0 aromatic heterocycles. The zero-order valence-electron chi connectivity index (χ0n) is 20.3. The molecule has 4 atom stereocenters. The van der Waals surface area contributed by atoms with Gasteiger partial charge in [0, 0.05) is 5.57 Å². The second kappa shape index (κ2) is 9.48. The molecule has 0 saturated heterocycles. The van der Waals surface area contributed by atoms with Gasteiger partial charge in [-0.2, -0.15) is 0 Å². The van der Waals surface area contributed by atoms with E-state index in [2.05, 4.69) is 59.3 Å². The molecule has 0 aromatic carbocycles. The van der Waals surface area contributed by atoms with E-state index in [9.17, 15) is 9.90 Å². The van der Waals surface area contributed by atoms with Crippen molar-refractivity contribution in [2.24, 2.45) is 11.8 Å². The predicted molar refractivity (Wildman–Crippen MR) is 127 cm³/mol. The normalized spacial score (nSPS) is 27.4. The van der Waals surface area contributed by atoms with Gasteiger partial charge in [0.15, 0.2) is 16.6 Å². The number of rotatable bonds is 9. The molecule has 0 amide bonds.